The smallest absolute Gasteiger partial charge is 0.288 e. The van der Waals surface area contributed by atoms with Crippen LogP contribution in [0.5, 0.6) is 0 Å². The lowest BCUT2D eigenvalue weighted by atomic mass is 10.0. The zero-order chi connectivity index (χ0) is 12.7. The second-order valence-corrected chi connectivity index (χ2v) is 4.51. The standard InChI is InChI=1S/C13H14N2O3/c16-7-8-3-4-9-11(6-8)15(18)13(17)10-2-1-5-14-12(9)10/h3-4,6,14,16,18H,1-2,5,7H2. The van der Waals surface area contributed by atoms with Crippen molar-refractivity contribution in [3.8, 4) is 0 Å². The number of pyridine rings is 1. The van der Waals surface area contributed by atoms with E-state index in [4.69, 9.17) is 5.11 Å². The van der Waals surface area contributed by atoms with Gasteiger partial charge in [0.1, 0.15) is 0 Å². The SMILES string of the molecule is O=c1c2c(c3ccc(CO)cc3n1O)NCCC2. The van der Waals surface area contributed by atoms with E-state index < -0.39 is 0 Å². The number of rotatable bonds is 1. The molecule has 5 heteroatoms. The molecule has 1 aromatic carbocycles. The van der Waals surface area contributed by atoms with Gasteiger partial charge >= 0.3 is 0 Å². The third kappa shape index (κ3) is 1.48. The Labute approximate surface area is 103 Å². The number of benzene rings is 1. The van der Waals surface area contributed by atoms with Crippen LogP contribution in [0.3, 0.4) is 0 Å². The van der Waals surface area contributed by atoms with Crippen molar-refractivity contribution in [1.82, 2.24) is 4.73 Å². The van der Waals surface area contributed by atoms with Crippen LogP contribution in [0.2, 0.25) is 0 Å². The molecule has 0 amide bonds. The largest absolute Gasteiger partial charge is 0.425 e. The van der Waals surface area contributed by atoms with Gasteiger partial charge in [-0.05, 0) is 24.5 Å². The fourth-order valence-electron chi connectivity index (χ4n) is 2.48. The monoisotopic (exact) mass is 246 g/mol. The van der Waals surface area contributed by atoms with Crippen molar-refractivity contribution in [2.45, 2.75) is 19.4 Å². The van der Waals surface area contributed by atoms with E-state index in [-0.39, 0.29) is 12.2 Å². The van der Waals surface area contributed by atoms with E-state index in [0.29, 0.717) is 27.8 Å². The van der Waals surface area contributed by atoms with Gasteiger partial charge in [0, 0.05) is 17.5 Å². The van der Waals surface area contributed by atoms with Crippen LogP contribution in [0.25, 0.3) is 10.9 Å². The summed E-state index contributed by atoms with van der Waals surface area (Å²) in [6, 6.07) is 5.25. The minimum Gasteiger partial charge on any atom is -0.425 e. The van der Waals surface area contributed by atoms with Gasteiger partial charge in [-0.25, -0.2) is 0 Å². The first kappa shape index (κ1) is 11.1. The van der Waals surface area contributed by atoms with Crippen LogP contribution in [0.1, 0.15) is 17.5 Å². The molecule has 0 aliphatic carbocycles. The van der Waals surface area contributed by atoms with Crippen molar-refractivity contribution in [2.24, 2.45) is 0 Å². The van der Waals surface area contributed by atoms with E-state index in [2.05, 4.69) is 5.32 Å². The Bertz CT molecular complexity index is 676. The number of aliphatic hydroxyl groups is 1. The van der Waals surface area contributed by atoms with E-state index in [0.717, 1.165) is 24.0 Å². The molecule has 18 heavy (non-hydrogen) atoms. The number of aliphatic hydroxyl groups excluding tert-OH is 1. The minimum atomic E-state index is -0.375. The summed E-state index contributed by atoms with van der Waals surface area (Å²) in [4.78, 5) is 12.0. The van der Waals surface area contributed by atoms with E-state index in [1.165, 1.54) is 0 Å². The molecule has 1 aliphatic rings. The maximum atomic E-state index is 12.0. The molecule has 94 valence electrons. The van der Waals surface area contributed by atoms with Gasteiger partial charge in [0.25, 0.3) is 5.56 Å². The molecule has 0 unspecified atom stereocenters. The molecule has 2 heterocycles. The molecule has 5 nitrogen and oxygen atoms in total. The average molecular weight is 246 g/mol. The van der Waals surface area contributed by atoms with Crippen molar-refractivity contribution in [1.29, 1.82) is 0 Å². The van der Waals surface area contributed by atoms with Gasteiger partial charge in [-0.1, -0.05) is 12.1 Å². The molecular formula is C13H14N2O3. The first-order chi connectivity index (χ1) is 8.72. The molecule has 0 saturated carbocycles. The van der Waals surface area contributed by atoms with Crippen LogP contribution in [-0.2, 0) is 13.0 Å². The fraction of sp³-hybridized carbons (Fsp3) is 0.308. The fourth-order valence-corrected chi connectivity index (χ4v) is 2.48. The van der Waals surface area contributed by atoms with E-state index in [1.807, 2.05) is 6.07 Å². The second kappa shape index (κ2) is 4.03. The highest BCUT2D eigenvalue weighted by atomic mass is 16.5. The maximum absolute atomic E-state index is 12.0. The van der Waals surface area contributed by atoms with E-state index in [9.17, 15) is 10.0 Å². The zero-order valence-corrected chi connectivity index (χ0v) is 9.81. The lowest BCUT2D eigenvalue weighted by Gasteiger charge is -2.20. The lowest BCUT2D eigenvalue weighted by molar-refractivity contribution is 0.187. The Morgan fingerprint density at radius 1 is 1.39 bits per heavy atom. The molecule has 0 radical (unpaired) electrons. The number of nitrogens with one attached hydrogen (secondary N) is 1. The van der Waals surface area contributed by atoms with Crippen molar-refractivity contribution >= 4 is 16.6 Å². The minimum absolute atomic E-state index is 0.116. The van der Waals surface area contributed by atoms with E-state index in [1.54, 1.807) is 12.1 Å². The molecule has 3 rings (SSSR count). The van der Waals surface area contributed by atoms with E-state index >= 15 is 0 Å². The van der Waals surface area contributed by atoms with Crippen molar-refractivity contribution in [2.75, 3.05) is 11.9 Å². The summed E-state index contributed by atoms with van der Waals surface area (Å²) in [6.07, 6.45) is 1.57. The van der Waals surface area contributed by atoms with Gasteiger partial charge in [0.2, 0.25) is 0 Å². The van der Waals surface area contributed by atoms with Gasteiger partial charge < -0.3 is 15.6 Å². The highest BCUT2D eigenvalue weighted by Crippen LogP contribution is 2.28. The zero-order valence-electron chi connectivity index (χ0n) is 9.81. The lowest BCUT2D eigenvalue weighted by Crippen LogP contribution is -2.27. The van der Waals surface area contributed by atoms with Gasteiger partial charge in [-0.2, -0.15) is 0 Å². The normalized spacial score (nSPS) is 14.3. The molecule has 1 aliphatic heterocycles. The van der Waals surface area contributed by atoms with Crippen molar-refractivity contribution in [3.63, 3.8) is 0 Å². The van der Waals surface area contributed by atoms with Crippen LogP contribution in [0.4, 0.5) is 5.69 Å². The highest BCUT2D eigenvalue weighted by molar-refractivity contribution is 5.93. The molecule has 0 bridgehead atoms. The van der Waals surface area contributed by atoms with Crippen molar-refractivity contribution in [3.05, 3.63) is 39.7 Å². The third-order valence-electron chi connectivity index (χ3n) is 3.40. The first-order valence-electron chi connectivity index (χ1n) is 5.97. The van der Waals surface area contributed by atoms with Crippen LogP contribution in [-0.4, -0.2) is 21.6 Å². The molecule has 2 aromatic rings. The van der Waals surface area contributed by atoms with Gasteiger partial charge in [0.05, 0.1) is 17.8 Å². The topological polar surface area (TPSA) is 74.5 Å². The molecule has 1 aromatic heterocycles. The predicted molar refractivity (Wildman–Crippen MR) is 68.1 cm³/mol. The summed E-state index contributed by atoms with van der Waals surface area (Å²) < 4.78 is 0.681. The summed E-state index contributed by atoms with van der Waals surface area (Å²) in [5, 5.41) is 23.1. The second-order valence-electron chi connectivity index (χ2n) is 4.51. The first-order valence-corrected chi connectivity index (χ1v) is 5.97. The van der Waals surface area contributed by atoms with Gasteiger partial charge in [0.15, 0.2) is 0 Å². The quantitative estimate of drug-likeness (QED) is 0.658. The number of nitrogens with zero attached hydrogens (tertiary/aromatic N) is 1. The highest BCUT2D eigenvalue weighted by Gasteiger charge is 2.19. The maximum Gasteiger partial charge on any atom is 0.288 e. The number of hydrogen-bond donors (Lipinski definition) is 3. The Hall–Kier alpha value is -2.01. The molecule has 0 fully saturated rings. The van der Waals surface area contributed by atoms with Crippen LogP contribution in [0.15, 0.2) is 23.0 Å². The molecule has 0 atom stereocenters. The van der Waals surface area contributed by atoms with Crippen molar-refractivity contribution < 1.29 is 10.3 Å². The Kier molecular flexibility index (Phi) is 2.48. The predicted octanol–water partition coefficient (Wildman–Crippen LogP) is 1.09. The van der Waals surface area contributed by atoms with Crippen LogP contribution < -0.4 is 10.9 Å². The van der Waals surface area contributed by atoms with Gasteiger partial charge in [-0.3, -0.25) is 4.79 Å². The Morgan fingerprint density at radius 3 is 3.00 bits per heavy atom. The third-order valence-corrected chi connectivity index (χ3v) is 3.40. The molecule has 0 saturated heterocycles. The number of hydrogen-bond acceptors (Lipinski definition) is 4. The van der Waals surface area contributed by atoms with Gasteiger partial charge in [-0.15, -0.1) is 4.73 Å². The molecule has 3 N–H and O–H groups in total. The van der Waals surface area contributed by atoms with Crippen LogP contribution in [0, 0.1) is 0 Å². The number of anilines is 1. The van der Waals surface area contributed by atoms with Crippen LogP contribution >= 0.6 is 0 Å². The Balaban J connectivity index is 2.41. The summed E-state index contributed by atoms with van der Waals surface area (Å²) in [5.74, 6) is 0. The summed E-state index contributed by atoms with van der Waals surface area (Å²) in [5.41, 5.74) is 2.17. The molecular weight excluding hydrogens is 232 g/mol. The summed E-state index contributed by atoms with van der Waals surface area (Å²) in [6.45, 7) is 0.716. The average Bonchev–Trinajstić information content (AvgIpc) is 2.44. The number of fused-ring (bicyclic) bond motifs is 3. The molecule has 0 spiro atoms. The Morgan fingerprint density at radius 2 is 2.22 bits per heavy atom. The number of aromatic nitrogens is 1. The summed E-state index contributed by atoms with van der Waals surface area (Å²) in [7, 11) is 0. The summed E-state index contributed by atoms with van der Waals surface area (Å²) >= 11 is 0.